The maximum atomic E-state index is 11.2. The Morgan fingerprint density at radius 1 is 1.42 bits per heavy atom. The summed E-state index contributed by atoms with van der Waals surface area (Å²) >= 11 is 0. The molecule has 0 aromatic heterocycles. The van der Waals surface area contributed by atoms with E-state index in [1.165, 1.54) is 6.08 Å². The lowest BCUT2D eigenvalue weighted by atomic mass is 10.1. The van der Waals surface area contributed by atoms with Crippen LogP contribution in [0.25, 0.3) is 6.08 Å². The molecule has 0 aliphatic heterocycles. The van der Waals surface area contributed by atoms with Crippen LogP contribution in [0, 0.1) is 11.3 Å². The van der Waals surface area contributed by atoms with Crippen molar-refractivity contribution in [3.63, 3.8) is 0 Å². The molecule has 5 heteroatoms. The van der Waals surface area contributed by atoms with Gasteiger partial charge >= 0.3 is 5.97 Å². The van der Waals surface area contributed by atoms with Gasteiger partial charge in [-0.25, -0.2) is 4.79 Å². The zero-order chi connectivity index (χ0) is 14.3. The lowest BCUT2D eigenvalue weighted by Crippen LogP contribution is -2.34. The summed E-state index contributed by atoms with van der Waals surface area (Å²) < 4.78 is 4.59. The smallest absolute Gasteiger partial charge is 0.338 e. The number of carbonyl (C=O) groups excluding carboxylic acids is 1. The van der Waals surface area contributed by atoms with Gasteiger partial charge in [0, 0.05) is 0 Å². The molecule has 0 amide bonds. The number of benzene rings is 1. The van der Waals surface area contributed by atoms with Crippen molar-refractivity contribution < 1.29 is 19.7 Å². The van der Waals surface area contributed by atoms with Crippen molar-refractivity contribution in [1.29, 1.82) is 5.26 Å². The first-order valence-electron chi connectivity index (χ1n) is 5.79. The Bertz CT molecular complexity index is 487. The minimum atomic E-state index is -1.60. The first kappa shape index (κ1) is 14.9. The number of carbonyl (C=O) groups is 1. The second-order valence-corrected chi connectivity index (χ2v) is 3.78. The highest BCUT2D eigenvalue weighted by Gasteiger charge is 2.23. The highest BCUT2D eigenvalue weighted by Crippen LogP contribution is 2.07. The molecule has 0 bridgehead atoms. The van der Waals surface area contributed by atoms with Gasteiger partial charge in [0.1, 0.15) is 6.10 Å². The van der Waals surface area contributed by atoms with E-state index in [-0.39, 0.29) is 6.61 Å². The fraction of sp³-hybridized carbons (Fsp3) is 0.286. The van der Waals surface area contributed by atoms with E-state index in [1.807, 2.05) is 6.07 Å². The van der Waals surface area contributed by atoms with Gasteiger partial charge in [-0.15, -0.1) is 0 Å². The number of nitrogens with zero attached hydrogens (tertiary/aromatic N) is 1. The molecular weight excluding hydrogens is 246 g/mol. The van der Waals surface area contributed by atoms with Crippen molar-refractivity contribution in [3.05, 3.63) is 41.5 Å². The van der Waals surface area contributed by atoms with E-state index < -0.39 is 18.2 Å². The first-order chi connectivity index (χ1) is 9.08. The van der Waals surface area contributed by atoms with Crippen LogP contribution < -0.4 is 0 Å². The molecule has 1 aromatic carbocycles. The molecule has 0 saturated heterocycles. The van der Waals surface area contributed by atoms with Crippen LogP contribution >= 0.6 is 0 Å². The second-order valence-electron chi connectivity index (χ2n) is 3.78. The summed E-state index contributed by atoms with van der Waals surface area (Å²) in [6.45, 7) is 1.76. The maximum Gasteiger partial charge on any atom is 0.338 e. The van der Waals surface area contributed by atoms with Crippen LogP contribution in [0.1, 0.15) is 18.1 Å². The Balaban J connectivity index is 2.64. The highest BCUT2D eigenvalue weighted by molar-refractivity contribution is 5.75. The molecule has 0 aliphatic carbocycles. The van der Waals surface area contributed by atoms with Crippen molar-refractivity contribution in [3.8, 4) is 6.07 Å². The number of hydrogen-bond donors (Lipinski definition) is 2. The minimum absolute atomic E-state index is 0.141. The van der Waals surface area contributed by atoms with E-state index in [0.29, 0.717) is 5.56 Å². The summed E-state index contributed by atoms with van der Waals surface area (Å²) in [5, 5.41) is 27.7. The molecule has 0 fully saturated rings. The first-order valence-corrected chi connectivity index (χ1v) is 5.79. The Hall–Kier alpha value is -2.16. The van der Waals surface area contributed by atoms with Crippen LogP contribution in [0.5, 0.6) is 0 Å². The molecule has 0 unspecified atom stereocenters. The van der Waals surface area contributed by atoms with E-state index in [4.69, 9.17) is 5.26 Å². The van der Waals surface area contributed by atoms with E-state index in [1.54, 1.807) is 37.3 Å². The summed E-state index contributed by atoms with van der Waals surface area (Å²) in [5.41, 5.74) is 1.28. The Kier molecular flexibility index (Phi) is 5.73. The molecule has 2 N–H and O–H groups in total. The molecule has 1 rings (SSSR count). The molecule has 0 heterocycles. The van der Waals surface area contributed by atoms with Gasteiger partial charge in [-0.2, -0.15) is 5.26 Å². The monoisotopic (exact) mass is 261 g/mol. The zero-order valence-electron chi connectivity index (χ0n) is 10.5. The van der Waals surface area contributed by atoms with Gasteiger partial charge in [-0.1, -0.05) is 24.3 Å². The molecule has 0 radical (unpaired) electrons. The number of aliphatic hydroxyl groups is 2. The predicted molar refractivity (Wildman–Crippen MR) is 68.8 cm³/mol. The van der Waals surface area contributed by atoms with E-state index in [2.05, 4.69) is 4.74 Å². The van der Waals surface area contributed by atoms with E-state index in [0.717, 1.165) is 5.56 Å². The number of esters is 1. The van der Waals surface area contributed by atoms with Crippen LogP contribution in [0.15, 0.2) is 30.3 Å². The summed E-state index contributed by atoms with van der Waals surface area (Å²) in [4.78, 5) is 11.2. The van der Waals surface area contributed by atoms with Crippen LogP contribution in [0.4, 0.5) is 0 Å². The number of ether oxygens (including phenoxy) is 1. The fourth-order valence-corrected chi connectivity index (χ4v) is 1.35. The van der Waals surface area contributed by atoms with Gasteiger partial charge in [0.2, 0.25) is 0 Å². The molecule has 0 aliphatic rings. The standard InChI is InChI=1S/C14H15NO4/c1-2-19-14(18)13(17)12(16)8-7-10-3-5-11(9-15)6-4-10/h3-8,12-13,16-17H,2H2,1H3/b8-7+/t12-,13+/m0/s1. The van der Waals surface area contributed by atoms with Crippen LogP contribution in [0.2, 0.25) is 0 Å². The normalized spacial score (nSPS) is 13.8. The average Bonchev–Trinajstić information content (AvgIpc) is 2.44. The van der Waals surface area contributed by atoms with Gasteiger partial charge < -0.3 is 14.9 Å². The third kappa shape index (κ3) is 4.54. The Morgan fingerprint density at radius 2 is 2.05 bits per heavy atom. The van der Waals surface area contributed by atoms with E-state index in [9.17, 15) is 15.0 Å². The molecule has 0 saturated carbocycles. The number of nitriles is 1. The molecule has 2 atom stereocenters. The minimum Gasteiger partial charge on any atom is -0.464 e. The summed E-state index contributed by atoms with van der Waals surface area (Å²) in [7, 11) is 0. The van der Waals surface area contributed by atoms with Crippen molar-refractivity contribution in [2.75, 3.05) is 6.61 Å². The van der Waals surface area contributed by atoms with Crippen molar-refractivity contribution in [2.24, 2.45) is 0 Å². The average molecular weight is 261 g/mol. The summed E-state index contributed by atoms with van der Waals surface area (Å²) in [6.07, 6.45) is -0.0960. The molecule has 5 nitrogen and oxygen atoms in total. The largest absolute Gasteiger partial charge is 0.464 e. The summed E-state index contributed by atoms with van der Waals surface area (Å²) in [5.74, 6) is -0.862. The highest BCUT2D eigenvalue weighted by atomic mass is 16.5. The third-order valence-corrected chi connectivity index (χ3v) is 2.38. The third-order valence-electron chi connectivity index (χ3n) is 2.38. The molecule has 100 valence electrons. The lowest BCUT2D eigenvalue weighted by Gasteiger charge is -2.12. The van der Waals surface area contributed by atoms with Gasteiger partial charge in [0.15, 0.2) is 6.10 Å². The predicted octanol–water partition coefficient (Wildman–Crippen LogP) is 0.856. The molecule has 0 spiro atoms. The topological polar surface area (TPSA) is 90.6 Å². The number of rotatable bonds is 5. The Morgan fingerprint density at radius 3 is 2.58 bits per heavy atom. The van der Waals surface area contributed by atoms with Crippen molar-refractivity contribution >= 4 is 12.0 Å². The van der Waals surface area contributed by atoms with Crippen LogP contribution in [0.3, 0.4) is 0 Å². The van der Waals surface area contributed by atoms with Crippen molar-refractivity contribution in [1.82, 2.24) is 0 Å². The fourth-order valence-electron chi connectivity index (χ4n) is 1.35. The molecule has 19 heavy (non-hydrogen) atoms. The SMILES string of the molecule is CCOC(=O)[C@H](O)[C@@H](O)/C=C/c1ccc(C#N)cc1. The van der Waals surface area contributed by atoms with E-state index >= 15 is 0 Å². The lowest BCUT2D eigenvalue weighted by molar-refractivity contribution is -0.157. The Labute approximate surface area is 111 Å². The van der Waals surface area contributed by atoms with Gasteiger partial charge in [0.25, 0.3) is 0 Å². The number of aliphatic hydroxyl groups excluding tert-OH is 2. The zero-order valence-corrected chi connectivity index (χ0v) is 10.5. The molecular formula is C14H15NO4. The number of hydrogen-bond acceptors (Lipinski definition) is 5. The maximum absolute atomic E-state index is 11.2. The van der Waals surface area contributed by atoms with Crippen LogP contribution in [-0.4, -0.2) is 35.0 Å². The molecule has 1 aromatic rings. The summed E-state index contributed by atoms with van der Waals surface area (Å²) in [6, 6.07) is 8.64. The van der Waals surface area contributed by atoms with Gasteiger partial charge in [0.05, 0.1) is 18.2 Å². The van der Waals surface area contributed by atoms with Crippen molar-refractivity contribution in [2.45, 2.75) is 19.1 Å². The van der Waals surface area contributed by atoms with Gasteiger partial charge in [-0.3, -0.25) is 0 Å². The second kappa shape index (κ2) is 7.31. The van der Waals surface area contributed by atoms with Crippen LogP contribution in [-0.2, 0) is 9.53 Å². The van der Waals surface area contributed by atoms with Gasteiger partial charge in [-0.05, 0) is 24.6 Å². The quantitative estimate of drug-likeness (QED) is 0.767.